The van der Waals surface area contributed by atoms with E-state index in [0.29, 0.717) is 40.2 Å². The van der Waals surface area contributed by atoms with Crippen molar-refractivity contribution in [3.05, 3.63) is 84.7 Å². The second-order valence-electron chi connectivity index (χ2n) is 8.59. The quantitative estimate of drug-likeness (QED) is 0.396. The first-order chi connectivity index (χ1) is 18.0. The summed E-state index contributed by atoms with van der Waals surface area (Å²) in [5.74, 6) is -0.952. The van der Waals surface area contributed by atoms with Crippen molar-refractivity contribution < 1.29 is 19.1 Å². The number of rotatable bonds is 6. The highest BCUT2D eigenvalue weighted by Crippen LogP contribution is 2.27. The Labute approximate surface area is 213 Å². The Hall–Kier alpha value is -4.79. The smallest absolute Gasteiger partial charge is 0.270 e. The summed E-state index contributed by atoms with van der Waals surface area (Å²) in [7, 11) is 0. The summed E-state index contributed by atoms with van der Waals surface area (Å²) in [5.41, 5.74) is 8.07. The molecule has 9 heteroatoms. The van der Waals surface area contributed by atoms with E-state index in [9.17, 15) is 14.4 Å². The number of carbonyl (C=O) groups is 3. The van der Waals surface area contributed by atoms with Gasteiger partial charge in [-0.25, -0.2) is 4.98 Å². The topological polar surface area (TPSA) is 114 Å². The summed E-state index contributed by atoms with van der Waals surface area (Å²) in [6.45, 7) is 2.67. The second kappa shape index (κ2) is 10.4. The van der Waals surface area contributed by atoms with Crippen LogP contribution < -0.4 is 20.5 Å². The molecule has 1 atom stereocenters. The number of ether oxygens (including phenoxy) is 1. The molecule has 1 saturated heterocycles. The van der Waals surface area contributed by atoms with Crippen LogP contribution in [-0.2, 0) is 9.59 Å². The SMILES string of the molecule is CCOc1ccc(N2C[C@H](C(=O)NNC(=O)c3cc(-c4cccnc4)nc4ccccc34)CC2=O)cc1. The maximum absolute atomic E-state index is 13.1. The molecule has 186 valence electrons. The molecule has 3 amide bonds. The maximum atomic E-state index is 13.1. The van der Waals surface area contributed by atoms with E-state index < -0.39 is 17.7 Å². The van der Waals surface area contributed by atoms with Gasteiger partial charge in [0.05, 0.1) is 29.3 Å². The number of anilines is 1. The molecule has 5 rings (SSSR count). The van der Waals surface area contributed by atoms with Crippen molar-refractivity contribution in [1.82, 2.24) is 20.8 Å². The number of benzene rings is 2. The normalized spacial score (nSPS) is 15.0. The number of hydrogen-bond acceptors (Lipinski definition) is 6. The van der Waals surface area contributed by atoms with Gasteiger partial charge in [-0.1, -0.05) is 18.2 Å². The van der Waals surface area contributed by atoms with Crippen LogP contribution in [-0.4, -0.2) is 40.8 Å². The largest absolute Gasteiger partial charge is 0.494 e. The molecule has 1 fully saturated rings. The van der Waals surface area contributed by atoms with Gasteiger partial charge in [0, 0.05) is 42.0 Å². The minimum absolute atomic E-state index is 0.0538. The van der Waals surface area contributed by atoms with Crippen LogP contribution in [0.4, 0.5) is 5.69 Å². The second-order valence-corrected chi connectivity index (χ2v) is 8.59. The fourth-order valence-electron chi connectivity index (χ4n) is 4.33. The van der Waals surface area contributed by atoms with Crippen LogP contribution in [0.5, 0.6) is 5.75 Å². The van der Waals surface area contributed by atoms with Crippen molar-refractivity contribution in [3.63, 3.8) is 0 Å². The molecule has 0 saturated carbocycles. The number of nitrogens with zero attached hydrogens (tertiary/aromatic N) is 3. The predicted molar refractivity (Wildman–Crippen MR) is 139 cm³/mol. The standard InChI is InChI=1S/C28H25N5O4/c1-2-37-21-11-9-20(10-12-21)33-17-19(14-26(33)34)27(35)31-32-28(36)23-15-25(18-6-5-13-29-16-18)30-24-8-4-3-7-22(23)24/h3-13,15-16,19H,2,14,17H2,1H3,(H,31,35)(H,32,36)/t19-/m1/s1. The van der Waals surface area contributed by atoms with Gasteiger partial charge in [0.15, 0.2) is 0 Å². The number of aromatic nitrogens is 2. The van der Waals surface area contributed by atoms with Gasteiger partial charge in [0.25, 0.3) is 5.91 Å². The Balaban J connectivity index is 1.28. The molecule has 0 unspecified atom stereocenters. The van der Waals surface area contributed by atoms with E-state index in [1.165, 1.54) is 0 Å². The summed E-state index contributed by atoms with van der Waals surface area (Å²) in [6, 6.07) is 19.8. The van der Waals surface area contributed by atoms with Crippen LogP contribution in [0, 0.1) is 5.92 Å². The van der Waals surface area contributed by atoms with Crippen LogP contribution in [0.25, 0.3) is 22.2 Å². The van der Waals surface area contributed by atoms with Crippen molar-refractivity contribution in [2.24, 2.45) is 5.92 Å². The van der Waals surface area contributed by atoms with E-state index in [1.54, 1.807) is 59.8 Å². The van der Waals surface area contributed by atoms with E-state index in [4.69, 9.17) is 4.74 Å². The first kappa shape index (κ1) is 23.9. The van der Waals surface area contributed by atoms with Crippen LogP contribution in [0.1, 0.15) is 23.7 Å². The van der Waals surface area contributed by atoms with Gasteiger partial charge in [-0.3, -0.25) is 30.2 Å². The Bertz CT molecular complexity index is 1460. The molecule has 0 radical (unpaired) electrons. The zero-order valence-electron chi connectivity index (χ0n) is 20.2. The summed E-state index contributed by atoms with van der Waals surface area (Å²) in [5, 5.41) is 0.652. The lowest BCUT2D eigenvalue weighted by atomic mass is 10.0. The van der Waals surface area contributed by atoms with Crippen molar-refractivity contribution in [2.45, 2.75) is 13.3 Å². The third kappa shape index (κ3) is 5.11. The fourth-order valence-corrected chi connectivity index (χ4v) is 4.33. The lowest BCUT2D eigenvalue weighted by Gasteiger charge is -2.17. The molecule has 1 aliphatic rings. The Morgan fingerprint density at radius 2 is 1.86 bits per heavy atom. The molecule has 4 aromatic rings. The number of hydrazine groups is 1. The number of para-hydroxylation sites is 1. The Kier molecular flexibility index (Phi) is 6.76. The highest BCUT2D eigenvalue weighted by atomic mass is 16.5. The van der Waals surface area contributed by atoms with Gasteiger partial charge in [0.1, 0.15) is 5.75 Å². The number of nitrogens with one attached hydrogen (secondary N) is 2. The summed E-state index contributed by atoms with van der Waals surface area (Å²) < 4.78 is 5.44. The summed E-state index contributed by atoms with van der Waals surface area (Å²) >= 11 is 0. The van der Waals surface area contributed by atoms with Crippen molar-refractivity contribution in [2.75, 3.05) is 18.1 Å². The summed E-state index contributed by atoms with van der Waals surface area (Å²) in [6.07, 6.45) is 3.39. The number of fused-ring (bicyclic) bond motifs is 1. The third-order valence-electron chi connectivity index (χ3n) is 6.17. The van der Waals surface area contributed by atoms with Crippen LogP contribution in [0.3, 0.4) is 0 Å². The van der Waals surface area contributed by atoms with E-state index in [2.05, 4.69) is 20.8 Å². The molecule has 9 nitrogen and oxygen atoms in total. The number of amides is 3. The molecule has 0 bridgehead atoms. The molecule has 0 spiro atoms. The summed E-state index contributed by atoms with van der Waals surface area (Å²) in [4.78, 5) is 48.9. The van der Waals surface area contributed by atoms with Gasteiger partial charge in [0.2, 0.25) is 11.8 Å². The molecule has 3 heterocycles. The molecule has 37 heavy (non-hydrogen) atoms. The molecule has 1 aliphatic heterocycles. The van der Waals surface area contributed by atoms with Gasteiger partial charge in [-0.15, -0.1) is 0 Å². The van der Waals surface area contributed by atoms with Crippen LogP contribution >= 0.6 is 0 Å². The van der Waals surface area contributed by atoms with Crippen molar-refractivity contribution >= 4 is 34.3 Å². The highest BCUT2D eigenvalue weighted by molar-refractivity contribution is 6.08. The minimum atomic E-state index is -0.598. The third-order valence-corrected chi connectivity index (χ3v) is 6.17. The number of carbonyl (C=O) groups excluding carboxylic acids is 3. The van der Waals surface area contributed by atoms with E-state index in [-0.39, 0.29) is 18.9 Å². The van der Waals surface area contributed by atoms with Crippen molar-refractivity contribution in [3.8, 4) is 17.0 Å². The van der Waals surface area contributed by atoms with Gasteiger partial charge in [-0.05, 0) is 55.5 Å². The van der Waals surface area contributed by atoms with Gasteiger partial charge in [-0.2, -0.15) is 0 Å². The molecular formula is C28H25N5O4. The molecule has 2 aromatic heterocycles. The lowest BCUT2D eigenvalue weighted by Crippen LogP contribution is -2.45. The molecule has 0 aliphatic carbocycles. The lowest BCUT2D eigenvalue weighted by molar-refractivity contribution is -0.126. The van der Waals surface area contributed by atoms with Gasteiger partial charge < -0.3 is 9.64 Å². The van der Waals surface area contributed by atoms with Crippen molar-refractivity contribution in [1.29, 1.82) is 0 Å². The Morgan fingerprint density at radius 3 is 2.62 bits per heavy atom. The maximum Gasteiger partial charge on any atom is 0.270 e. The van der Waals surface area contributed by atoms with E-state index in [0.717, 1.165) is 5.56 Å². The van der Waals surface area contributed by atoms with Crippen LogP contribution in [0.2, 0.25) is 0 Å². The van der Waals surface area contributed by atoms with E-state index >= 15 is 0 Å². The zero-order chi connectivity index (χ0) is 25.8. The first-order valence-corrected chi connectivity index (χ1v) is 12.0. The molecule has 2 aromatic carbocycles. The van der Waals surface area contributed by atoms with E-state index in [1.807, 2.05) is 31.2 Å². The fraction of sp³-hybridized carbons (Fsp3) is 0.179. The minimum Gasteiger partial charge on any atom is -0.494 e. The zero-order valence-corrected chi connectivity index (χ0v) is 20.2. The van der Waals surface area contributed by atoms with Gasteiger partial charge >= 0.3 is 0 Å². The Morgan fingerprint density at radius 1 is 1.05 bits per heavy atom. The average molecular weight is 496 g/mol. The molecule has 2 N–H and O–H groups in total. The monoisotopic (exact) mass is 495 g/mol. The first-order valence-electron chi connectivity index (χ1n) is 12.0. The number of hydrogen-bond donors (Lipinski definition) is 2. The predicted octanol–water partition coefficient (Wildman–Crippen LogP) is 3.51. The van der Waals surface area contributed by atoms with Crippen LogP contribution in [0.15, 0.2) is 79.1 Å². The highest BCUT2D eigenvalue weighted by Gasteiger charge is 2.35. The average Bonchev–Trinajstić information content (AvgIpc) is 3.33. The number of pyridine rings is 2. The molecular weight excluding hydrogens is 470 g/mol.